The lowest BCUT2D eigenvalue weighted by Crippen LogP contribution is -2.19. The molecule has 1 fully saturated rings. The Morgan fingerprint density at radius 1 is 1.00 bits per heavy atom. The van der Waals surface area contributed by atoms with Gasteiger partial charge in [0, 0.05) is 10.6 Å². The highest BCUT2D eigenvalue weighted by atomic mass is 35.5. The molecule has 0 bridgehead atoms. The number of thioether (sulfide) groups is 1. The zero-order valence-corrected chi connectivity index (χ0v) is 19.0. The Morgan fingerprint density at radius 3 is 2.53 bits per heavy atom. The Kier molecular flexibility index (Phi) is 7.14. The van der Waals surface area contributed by atoms with Crippen molar-refractivity contribution in [1.82, 2.24) is 5.32 Å². The van der Waals surface area contributed by atoms with E-state index in [0.29, 0.717) is 39.6 Å². The predicted octanol–water partition coefficient (Wildman–Crippen LogP) is 6.00. The van der Waals surface area contributed by atoms with Crippen LogP contribution in [0.3, 0.4) is 0 Å². The van der Waals surface area contributed by atoms with Crippen molar-refractivity contribution < 1.29 is 14.3 Å². The smallest absolute Gasteiger partial charge is 0.264 e. The third-order valence-corrected chi connectivity index (χ3v) is 5.67. The molecule has 4 rings (SSSR count). The van der Waals surface area contributed by atoms with Gasteiger partial charge in [-0.1, -0.05) is 47.5 Å². The normalized spacial score (nSPS) is 15.8. The fourth-order valence-electron chi connectivity index (χ4n) is 2.95. The van der Waals surface area contributed by atoms with Gasteiger partial charge in [-0.2, -0.15) is 0 Å². The molecule has 0 spiro atoms. The Bertz CT molecular complexity index is 1160. The maximum absolute atomic E-state index is 12.4. The van der Waals surface area contributed by atoms with Crippen molar-refractivity contribution in [3.05, 3.63) is 93.9 Å². The van der Waals surface area contributed by atoms with Gasteiger partial charge in [-0.15, -0.1) is 0 Å². The summed E-state index contributed by atoms with van der Waals surface area (Å²) in [5.74, 6) is 1.21. The number of rotatable bonds is 7. The zero-order chi connectivity index (χ0) is 22.3. The fourth-order valence-corrected chi connectivity index (χ4v) is 3.96. The van der Waals surface area contributed by atoms with E-state index in [9.17, 15) is 4.79 Å². The van der Waals surface area contributed by atoms with E-state index in [2.05, 4.69) is 10.3 Å². The summed E-state index contributed by atoms with van der Waals surface area (Å²) in [6.07, 6.45) is 1.76. The lowest BCUT2D eigenvalue weighted by atomic mass is 10.2. The SMILES string of the molecule is Cc1ccc(OCCOc2ccc(Cl)cc2/C=C2/SC(=Nc3ccccc3)NC2=O)cc1. The van der Waals surface area contributed by atoms with E-state index in [1.165, 1.54) is 17.3 Å². The van der Waals surface area contributed by atoms with Crippen LogP contribution in [-0.2, 0) is 4.79 Å². The van der Waals surface area contributed by atoms with Gasteiger partial charge in [-0.05, 0) is 67.2 Å². The Hall–Kier alpha value is -3.22. The molecule has 0 aliphatic carbocycles. The van der Waals surface area contributed by atoms with Gasteiger partial charge in [-0.25, -0.2) is 4.99 Å². The average molecular weight is 465 g/mol. The second-order valence-corrected chi connectivity index (χ2v) is 8.48. The van der Waals surface area contributed by atoms with Crippen LogP contribution < -0.4 is 14.8 Å². The van der Waals surface area contributed by atoms with Gasteiger partial charge in [-0.3, -0.25) is 4.79 Å². The first-order valence-corrected chi connectivity index (χ1v) is 11.2. The molecule has 1 aliphatic rings. The van der Waals surface area contributed by atoms with Crippen molar-refractivity contribution in [2.24, 2.45) is 4.99 Å². The van der Waals surface area contributed by atoms with Gasteiger partial charge in [0.25, 0.3) is 5.91 Å². The van der Waals surface area contributed by atoms with Gasteiger partial charge < -0.3 is 14.8 Å². The van der Waals surface area contributed by atoms with Crippen LogP contribution in [0.1, 0.15) is 11.1 Å². The summed E-state index contributed by atoms with van der Waals surface area (Å²) in [7, 11) is 0. The number of nitrogens with zero attached hydrogens (tertiary/aromatic N) is 1. The number of hydrogen-bond donors (Lipinski definition) is 1. The first-order valence-electron chi connectivity index (χ1n) is 10.0. The second-order valence-electron chi connectivity index (χ2n) is 7.01. The molecule has 0 aromatic heterocycles. The lowest BCUT2D eigenvalue weighted by molar-refractivity contribution is -0.115. The van der Waals surface area contributed by atoms with E-state index in [1.807, 2.05) is 61.5 Å². The summed E-state index contributed by atoms with van der Waals surface area (Å²) in [6.45, 7) is 2.78. The summed E-state index contributed by atoms with van der Waals surface area (Å²) >= 11 is 7.47. The minimum absolute atomic E-state index is 0.210. The van der Waals surface area contributed by atoms with Crippen molar-refractivity contribution in [1.29, 1.82) is 0 Å². The number of carbonyl (C=O) groups is 1. The molecule has 5 nitrogen and oxygen atoms in total. The lowest BCUT2D eigenvalue weighted by Gasteiger charge is -2.11. The zero-order valence-electron chi connectivity index (χ0n) is 17.4. The Morgan fingerprint density at radius 2 is 1.75 bits per heavy atom. The highest BCUT2D eigenvalue weighted by molar-refractivity contribution is 8.18. The van der Waals surface area contributed by atoms with Crippen LogP contribution in [0.2, 0.25) is 5.02 Å². The predicted molar refractivity (Wildman–Crippen MR) is 131 cm³/mol. The minimum Gasteiger partial charge on any atom is -0.490 e. The number of para-hydroxylation sites is 1. The van der Waals surface area contributed by atoms with Crippen LogP contribution in [0.25, 0.3) is 6.08 Å². The molecule has 0 radical (unpaired) electrons. The number of benzene rings is 3. The maximum atomic E-state index is 12.4. The number of amidine groups is 1. The molecule has 0 saturated carbocycles. The molecule has 32 heavy (non-hydrogen) atoms. The minimum atomic E-state index is -0.210. The second kappa shape index (κ2) is 10.4. The molecular formula is C25H21ClN2O3S. The van der Waals surface area contributed by atoms with Crippen molar-refractivity contribution in [2.45, 2.75) is 6.92 Å². The number of hydrogen-bond acceptors (Lipinski definition) is 5. The standard InChI is InChI=1S/C25H21ClN2O3S/c1-17-7-10-21(11-8-17)30-13-14-31-22-12-9-19(26)15-18(22)16-23-24(29)28-25(32-23)27-20-5-3-2-4-6-20/h2-12,15-16H,13-14H2,1H3,(H,27,28,29)/b23-16+. The van der Waals surface area contributed by atoms with Crippen molar-refractivity contribution in [3.63, 3.8) is 0 Å². The topological polar surface area (TPSA) is 59.9 Å². The highest BCUT2D eigenvalue weighted by Gasteiger charge is 2.24. The van der Waals surface area contributed by atoms with E-state index in [1.54, 1.807) is 24.3 Å². The van der Waals surface area contributed by atoms with Crippen molar-refractivity contribution >= 4 is 46.2 Å². The fraction of sp³-hybridized carbons (Fsp3) is 0.120. The van der Waals surface area contributed by atoms with Gasteiger partial charge >= 0.3 is 0 Å². The Labute approximate surface area is 196 Å². The van der Waals surface area contributed by atoms with Gasteiger partial charge in [0.1, 0.15) is 24.7 Å². The molecule has 1 heterocycles. The van der Waals surface area contributed by atoms with Crippen LogP contribution >= 0.6 is 23.4 Å². The molecule has 3 aromatic rings. The number of amides is 1. The van der Waals surface area contributed by atoms with Crippen molar-refractivity contribution in [2.75, 3.05) is 13.2 Å². The average Bonchev–Trinajstić information content (AvgIpc) is 3.13. The third-order valence-electron chi connectivity index (χ3n) is 4.53. The van der Waals surface area contributed by atoms with E-state index < -0.39 is 0 Å². The maximum Gasteiger partial charge on any atom is 0.264 e. The van der Waals surface area contributed by atoms with E-state index >= 15 is 0 Å². The number of carbonyl (C=O) groups excluding carboxylic acids is 1. The summed E-state index contributed by atoms with van der Waals surface area (Å²) in [5, 5.41) is 3.88. The highest BCUT2D eigenvalue weighted by Crippen LogP contribution is 2.32. The number of nitrogens with one attached hydrogen (secondary N) is 1. The van der Waals surface area contributed by atoms with E-state index in [4.69, 9.17) is 21.1 Å². The van der Waals surface area contributed by atoms with Crippen LogP contribution in [-0.4, -0.2) is 24.3 Å². The summed E-state index contributed by atoms with van der Waals surface area (Å²) in [5.41, 5.74) is 2.67. The van der Waals surface area contributed by atoms with Crippen molar-refractivity contribution in [3.8, 4) is 11.5 Å². The first-order chi connectivity index (χ1) is 15.6. The molecule has 1 N–H and O–H groups in total. The quantitative estimate of drug-likeness (QED) is 0.344. The number of halogens is 1. The molecule has 3 aromatic carbocycles. The molecule has 1 amide bonds. The molecule has 162 valence electrons. The molecule has 7 heteroatoms. The number of ether oxygens (including phenoxy) is 2. The largest absolute Gasteiger partial charge is 0.490 e. The Balaban J connectivity index is 1.43. The summed E-state index contributed by atoms with van der Waals surface area (Å²) in [4.78, 5) is 17.4. The molecular weight excluding hydrogens is 444 g/mol. The van der Waals surface area contributed by atoms with Gasteiger partial charge in [0.05, 0.1) is 10.6 Å². The van der Waals surface area contributed by atoms with Crippen LogP contribution in [0.5, 0.6) is 11.5 Å². The van der Waals surface area contributed by atoms with Gasteiger partial charge in [0.2, 0.25) is 0 Å². The number of aryl methyl sites for hydroxylation is 1. The molecule has 1 aliphatic heterocycles. The summed E-state index contributed by atoms with van der Waals surface area (Å²) in [6, 6.07) is 22.6. The molecule has 0 unspecified atom stereocenters. The van der Waals surface area contributed by atoms with E-state index in [0.717, 1.165) is 11.4 Å². The summed E-state index contributed by atoms with van der Waals surface area (Å²) < 4.78 is 11.6. The van der Waals surface area contributed by atoms with Crippen LogP contribution in [0.4, 0.5) is 5.69 Å². The number of aliphatic imine (C=N–C) groups is 1. The monoisotopic (exact) mass is 464 g/mol. The molecule has 0 atom stereocenters. The van der Waals surface area contributed by atoms with Crippen LogP contribution in [0.15, 0.2) is 82.7 Å². The first kappa shape index (κ1) is 22.0. The molecule has 1 saturated heterocycles. The van der Waals surface area contributed by atoms with Crippen LogP contribution in [0, 0.1) is 6.92 Å². The van der Waals surface area contributed by atoms with Gasteiger partial charge in [0.15, 0.2) is 5.17 Å². The van der Waals surface area contributed by atoms with E-state index in [-0.39, 0.29) is 5.91 Å². The third kappa shape index (κ3) is 5.93.